The summed E-state index contributed by atoms with van der Waals surface area (Å²) in [4.78, 5) is 17.5. The van der Waals surface area contributed by atoms with Crippen LogP contribution in [0.1, 0.15) is 77.6 Å². The molecule has 188 valence electrons. The number of hydrogen-bond acceptors (Lipinski definition) is 8. The predicted octanol–water partition coefficient (Wildman–Crippen LogP) is 5.53. The first-order valence-corrected chi connectivity index (χ1v) is 14.2. The summed E-state index contributed by atoms with van der Waals surface area (Å²) in [6.07, 6.45) is 3.92. The third kappa shape index (κ3) is 6.48. The number of carbonyl (C=O) groups excluding carboxylic acids is 1. The van der Waals surface area contributed by atoms with Crippen molar-refractivity contribution in [2.75, 3.05) is 19.9 Å². The van der Waals surface area contributed by atoms with E-state index in [1.165, 1.54) is 6.66 Å². The van der Waals surface area contributed by atoms with Gasteiger partial charge in [-0.05, 0) is 64.7 Å². The minimum Gasteiger partial charge on any atom is -0.494 e. The lowest BCUT2D eigenvalue weighted by Crippen LogP contribution is -2.33. The number of unbranched alkanes of at least 4 members (excludes halogenated alkanes) is 1. The zero-order valence-corrected chi connectivity index (χ0v) is 22.0. The van der Waals surface area contributed by atoms with Crippen molar-refractivity contribution in [3.63, 3.8) is 0 Å². The molecule has 34 heavy (non-hydrogen) atoms. The van der Waals surface area contributed by atoms with Crippen molar-refractivity contribution >= 4 is 13.3 Å². The average Bonchev–Trinajstić information content (AvgIpc) is 3.42. The van der Waals surface area contributed by atoms with Gasteiger partial charge in [0.1, 0.15) is 17.0 Å². The van der Waals surface area contributed by atoms with Crippen molar-refractivity contribution in [1.29, 1.82) is 0 Å². The number of carbonyl (C=O) groups is 1. The Morgan fingerprint density at radius 2 is 1.88 bits per heavy atom. The quantitative estimate of drug-likeness (QED) is 0.217. The fourth-order valence-electron chi connectivity index (χ4n) is 3.83. The average molecular weight is 493 g/mol. The zero-order valence-electron chi connectivity index (χ0n) is 21.1. The van der Waals surface area contributed by atoms with E-state index in [0.717, 1.165) is 37.0 Å². The maximum atomic E-state index is 13.2. The number of nitrogens with zero attached hydrogens (tertiary/aromatic N) is 2. The lowest BCUT2D eigenvalue weighted by Gasteiger charge is -2.26. The smallest absolute Gasteiger partial charge is 0.319 e. The van der Waals surface area contributed by atoms with Crippen molar-refractivity contribution < 1.29 is 27.9 Å². The largest absolute Gasteiger partial charge is 0.494 e. The van der Waals surface area contributed by atoms with E-state index >= 15 is 0 Å². The Balaban J connectivity index is 1.77. The summed E-state index contributed by atoms with van der Waals surface area (Å²) < 4.78 is 35.4. The van der Waals surface area contributed by atoms with Crippen LogP contribution in [0, 0.1) is 0 Å². The highest BCUT2D eigenvalue weighted by Gasteiger charge is 2.50. The Bertz CT molecular complexity index is 1010. The number of hydrogen-bond donors (Lipinski definition) is 0. The summed E-state index contributed by atoms with van der Waals surface area (Å²) in [5, 5.41) is 4.22. The molecule has 1 aliphatic carbocycles. The lowest BCUT2D eigenvalue weighted by atomic mass is 9.95. The zero-order chi connectivity index (χ0) is 25.0. The van der Waals surface area contributed by atoms with Crippen LogP contribution >= 0.6 is 7.37 Å². The van der Waals surface area contributed by atoms with Crippen LogP contribution in [0.3, 0.4) is 0 Å². The highest BCUT2D eigenvalue weighted by Crippen LogP contribution is 2.53. The summed E-state index contributed by atoms with van der Waals surface area (Å²) in [5.41, 5.74) is -0.941. The minimum atomic E-state index is -3.32. The molecule has 2 aromatic rings. The SMILES string of the molecule is CCCCOc1ccc(C2(c3noc(CC(C(=O)OC(C)(C)C)P(C)(=O)OCC)n3)CC2)cc1. The van der Waals surface area contributed by atoms with Crippen LogP contribution in [-0.4, -0.2) is 47.2 Å². The molecule has 0 saturated heterocycles. The van der Waals surface area contributed by atoms with Crippen LogP contribution in [-0.2, 0) is 30.5 Å². The number of benzene rings is 1. The molecule has 3 rings (SSSR count). The van der Waals surface area contributed by atoms with Crippen LogP contribution in [0.15, 0.2) is 28.8 Å². The normalized spacial score (nSPS) is 17.6. The van der Waals surface area contributed by atoms with Gasteiger partial charge in [0, 0.05) is 13.1 Å². The van der Waals surface area contributed by atoms with Crippen molar-refractivity contribution in [1.82, 2.24) is 10.1 Å². The van der Waals surface area contributed by atoms with Gasteiger partial charge in [0.05, 0.1) is 18.6 Å². The first-order valence-electron chi connectivity index (χ1n) is 12.0. The van der Waals surface area contributed by atoms with Crippen LogP contribution in [0.2, 0.25) is 0 Å². The Morgan fingerprint density at radius 1 is 1.21 bits per heavy atom. The third-order valence-corrected chi connectivity index (χ3v) is 8.11. The molecule has 0 radical (unpaired) electrons. The molecule has 0 N–H and O–H groups in total. The maximum Gasteiger partial charge on any atom is 0.319 e. The van der Waals surface area contributed by atoms with E-state index in [4.69, 9.17) is 18.5 Å². The molecule has 2 atom stereocenters. The molecule has 1 fully saturated rings. The number of ether oxygens (including phenoxy) is 2. The third-order valence-electron chi connectivity index (χ3n) is 5.82. The Hall–Kier alpha value is -2.18. The summed E-state index contributed by atoms with van der Waals surface area (Å²) in [7, 11) is -3.32. The van der Waals surface area contributed by atoms with E-state index in [1.807, 2.05) is 24.3 Å². The molecule has 1 heterocycles. The van der Waals surface area contributed by atoms with E-state index < -0.39 is 24.6 Å². The molecule has 2 unspecified atom stereocenters. The van der Waals surface area contributed by atoms with Gasteiger partial charge >= 0.3 is 5.97 Å². The molecule has 1 saturated carbocycles. The predicted molar refractivity (Wildman–Crippen MR) is 130 cm³/mol. The first kappa shape index (κ1) is 26.4. The standard InChI is InChI=1S/C25H37N2O6P/c1-7-9-16-30-19-12-10-18(11-13-19)25(14-15-25)23-26-21(33-27-23)17-20(34(6,29)31-8-2)22(28)32-24(3,4)5/h10-13,20H,7-9,14-17H2,1-6H3. The van der Waals surface area contributed by atoms with Gasteiger partial charge in [0.2, 0.25) is 13.3 Å². The molecule has 0 amide bonds. The summed E-state index contributed by atoms with van der Waals surface area (Å²) in [5.74, 6) is 1.08. The molecule has 0 spiro atoms. The molecule has 1 aromatic heterocycles. The Labute approximate surface area is 202 Å². The van der Waals surface area contributed by atoms with E-state index in [0.29, 0.717) is 12.4 Å². The van der Waals surface area contributed by atoms with Gasteiger partial charge in [-0.25, -0.2) is 0 Å². The van der Waals surface area contributed by atoms with Gasteiger partial charge in [-0.1, -0.05) is 30.6 Å². The Morgan fingerprint density at radius 3 is 2.44 bits per heavy atom. The second kappa shape index (κ2) is 10.6. The van der Waals surface area contributed by atoms with E-state index in [9.17, 15) is 9.36 Å². The Kier molecular flexibility index (Phi) is 8.25. The van der Waals surface area contributed by atoms with Crippen molar-refractivity contribution in [3.8, 4) is 5.75 Å². The fraction of sp³-hybridized carbons (Fsp3) is 0.640. The van der Waals surface area contributed by atoms with Crippen LogP contribution in [0.4, 0.5) is 0 Å². The summed E-state index contributed by atoms with van der Waals surface area (Å²) in [6, 6.07) is 8.03. The number of esters is 1. The van der Waals surface area contributed by atoms with E-state index in [-0.39, 0.29) is 24.3 Å². The van der Waals surface area contributed by atoms with Gasteiger partial charge in [0.25, 0.3) is 0 Å². The van der Waals surface area contributed by atoms with Gasteiger partial charge < -0.3 is 18.5 Å². The fourth-order valence-corrected chi connectivity index (χ4v) is 5.44. The molecule has 8 nitrogen and oxygen atoms in total. The van der Waals surface area contributed by atoms with Gasteiger partial charge in [-0.3, -0.25) is 9.36 Å². The van der Waals surface area contributed by atoms with Crippen molar-refractivity contribution in [3.05, 3.63) is 41.5 Å². The van der Waals surface area contributed by atoms with Gasteiger partial charge in [-0.15, -0.1) is 0 Å². The lowest BCUT2D eigenvalue weighted by molar-refractivity contribution is -0.154. The molecular weight excluding hydrogens is 455 g/mol. The highest BCUT2D eigenvalue weighted by molar-refractivity contribution is 7.60. The molecule has 0 bridgehead atoms. The van der Waals surface area contributed by atoms with Gasteiger partial charge in [0.15, 0.2) is 5.82 Å². The van der Waals surface area contributed by atoms with Gasteiger partial charge in [-0.2, -0.15) is 4.98 Å². The molecule has 0 aliphatic heterocycles. The number of aromatic nitrogens is 2. The highest BCUT2D eigenvalue weighted by atomic mass is 31.2. The summed E-state index contributed by atoms with van der Waals surface area (Å²) in [6.45, 7) is 11.6. The minimum absolute atomic E-state index is 0.00399. The van der Waals surface area contributed by atoms with Crippen LogP contribution in [0.5, 0.6) is 5.75 Å². The monoisotopic (exact) mass is 492 g/mol. The second-order valence-corrected chi connectivity index (χ2v) is 12.6. The van der Waals surface area contributed by atoms with Crippen molar-refractivity contribution in [2.24, 2.45) is 0 Å². The summed E-state index contributed by atoms with van der Waals surface area (Å²) >= 11 is 0. The topological polar surface area (TPSA) is 101 Å². The van der Waals surface area contributed by atoms with E-state index in [2.05, 4.69) is 17.1 Å². The molecular formula is C25H37N2O6P. The van der Waals surface area contributed by atoms with Crippen LogP contribution < -0.4 is 4.74 Å². The maximum absolute atomic E-state index is 13.2. The second-order valence-electron chi connectivity index (χ2n) is 9.90. The number of rotatable bonds is 12. The molecule has 1 aromatic carbocycles. The first-order chi connectivity index (χ1) is 16.0. The molecule has 9 heteroatoms. The van der Waals surface area contributed by atoms with E-state index in [1.54, 1.807) is 27.7 Å². The van der Waals surface area contributed by atoms with Crippen molar-refractivity contribution in [2.45, 2.75) is 83.4 Å². The van der Waals surface area contributed by atoms with Crippen LogP contribution in [0.25, 0.3) is 0 Å². The molecule has 1 aliphatic rings.